The fraction of sp³-hybridized carbons (Fsp3) is 0.765. The van der Waals surface area contributed by atoms with Crippen molar-refractivity contribution in [1.29, 1.82) is 0 Å². The molecule has 22 heavy (non-hydrogen) atoms. The summed E-state index contributed by atoms with van der Waals surface area (Å²) in [6.45, 7) is 13.1. The van der Waals surface area contributed by atoms with Gasteiger partial charge in [-0.1, -0.05) is 13.0 Å². The number of amides is 2. The highest BCUT2D eigenvalue weighted by Gasteiger charge is 2.55. The molecule has 2 saturated heterocycles. The van der Waals surface area contributed by atoms with E-state index in [1.54, 1.807) is 6.08 Å². The van der Waals surface area contributed by atoms with Crippen LogP contribution >= 0.6 is 0 Å². The molecule has 0 radical (unpaired) electrons. The fourth-order valence-corrected chi connectivity index (χ4v) is 3.54. The highest BCUT2D eigenvalue weighted by atomic mass is 16.2. The zero-order valence-electron chi connectivity index (χ0n) is 14.3. The molecule has 2 amide bonds. The molecule has 0 aromatic carbocycles. The molecule has 1 spiro atoms. The maximum atomic E-state index is 12.8. The second kappa shape index (κ2) is 6.41. The van der Waals surface area contributed by atoms with Gasteiger partial charge in [0.15, 0.2) is 0 Å². The number of likely N-dealkylation sites (N-methyl/N-ethyl adjacent to an activating group) is 1. The van der Waals surface area contributed by atoms with Gasteiger partial charge in [-0.25, -0.2) is 0 Å². The van der Waals surface area contributed by atoms with Gasteiger partial charge < -0.3 is 9.80 Å². The first-order valence-corrected chi connectivity index (χ1v) is 8.20. The predicted octanol–water partition coefficient (Wildman–Crippen LogP) is 1.21. The van der Waals surface area contributed by atoms with Gasteiger partial charge in [0.1, 0.15) is 0 Å². The van der Waals surface area contributed by atoms with Crippen molar-refractivity contribution in [3.05, 3.63) is 12.7 Å². The summed E-state index contributed by atoms with van der Waals surface area (Å²) < 4.78 is 0. The lowest BCUT2D eigenvalue weighted by molar-refractivity contribution is -0.137. The van der Waals surface area contributed by atoms with Crippen LogP contribution in [-0.4, -0.2) is 72.3 Å². The molecule has 0 aromatic heterocycles. The third-order valence-corrected chi connectivity index (χ3v) is 5.42. The van der Waals surface area contributed by atoms with Gasteiger partial charge in [-0.05, 0) is 33.2 Å². The van der Waals surface area contributed by atoms with Crippen LogP contribution in [0.15, 0.2) is 12.7 Å². The summed E-state index contributed by atoms with van der Waals surface area (Å²) in [4.78, 5) is 31.1. The average molecular weight is 307 g/mol. The lowest BCUT2D eigenvalue weighted by Gasteiger charge is -2.27. The number of carbonyl (C=O) groups is 2. The molecule has 0 aromatic rings. The minimum absolute atomic E-state index is 0.134. The van der Waals surface area contributed by atoms with E-state index in [-0.39, 0.29) is 23.1 Å². The van der Waals surface area contributed by atoms with Crippen LogP contribution in [0.25, 0.3) is 0 Å². The molecule has 0 bridgehead atoms. The summed E-state index contributed by atoms with van der Waals surface area (Å²) in [5, 5.41) is 0. The highest BCUT2D eigenvalue weighted by Crippen LogP contribution is 2.44. The van der Waals surface area contributed by atoms with E-state index in [0.29, 0.717) is 32.2 Å². The Morgan fingerprint density at radius 1 is 1.55 bits per heavy atom. The largest absolute Gasteiger partial charge is 0.340 e. The third kappa shape index (κ3) is 2.91. The van der Waals surface area contributed by atoms with E-state index in [2.05, 4.69) is 27.4 Å². The van der Waals surface area contributed by atoms with Gasteiger partial charge in [0.25, 0.3) is 0 Å². The van der Waals surface area contributed by atoms with Crippen LogP contribution in [0.4, 0.5) is 0 Å². The maximum Gasteiger partial charge on any atom is 0.236 e. The molecule has 2 atom stereocenters. The Hall–Kier alpha value is -1.36. The lowest BCUT2D eigenvalue weighted by Crippen LogP contribution is -2.43. The van der Waals surface area contributed by atoms with Crippen molar-refractivity contribution in [2.45, 2.75) is 33.2 Å². The zero-order valence-corrected chi connectivity index (χ0v) is 14.3. The van der Waals surface area contributed by atoms with Crippen molar-refractivity contribution in [2.75, 3.05) is 39.8 Å². The summed E-state index contributed by atoms with van der Waals surface area (Å²) in [5.74, 6) is 0.561. The molecular weight excluding hydrogens is 278 g/mol. The van der Waals surface area contributed by atoms with Gasteiger partial charge in [0.05, 0.1) is 12.0 Å². The van der Waals surface area contributed by atoms with Crippen molar-refractivity contribution < 1.29 is 9.59 Å². The van der Waals surface area contributed by atoms with E-state index in [1.165, 1.54) is 0 Å². The number of hydrogen-bond acceptors (Lipinski definition) is 3. The van der Waals surface area contributed by atoms with Gasteiger partial charge in [-0.15, -0.1) is 6.58 Å². The normalized spacial score (nSPS) is 28.5. The number of rotatable bonds is 5. The van der Waals surface area contributed by atoms with Crippen LogP contribution in [0.1, 0.15) is 27.2 Å². The van der Waals surface area contributed by atoms with Crippen LogP contribution in [0.3, 0.4) is 0 Å². The summed E-state index contributed by atoms with van der Waals surface area (Å²) in [5.41, 5.74) is -0.366. The van der Waals surface area contributed by atoms with Crippen molar-refractivity contribution >= 4 is 11.8 Å². The molecule has 2 aliphatic heterocycles. The average Bonchev–Trinajstić information content (AvgIpc) is 2.95. The fourth-order valence-electron chi connectivity index (χ4n) is 3.54. The predicted molar refractivity (Wildman–Crippen MR) is 87.3 cm³/mol. The van der Waals surface area contributed by atoms with Crippen molar-refractivity contribution in [3.8, 4) is 0 Å². The Kier molecular flexibility index (Phi) is 4.95. The van der Waals surface area contributed by atoms with E-state index in [1.807, 2.05) is 21.7 Å². The van der Waals surface area contributed by atoms with Crippen LogP contribution in [-0.2, 0) is 9.59 Å². The summed E-state index contributed by atoms with van der Waals surface area (Å²) >= 11 is 0. The molecule has 2 heterocycles. The van der Waals surface area contributed by atoms with Crippen molar-refractivity contribution in [2.24, 2.45) is 11.3 Å². The van der Waals surface area contributed by atoms with Crippen LogP contribution in [0.5, 0.6) is 0 Å². The Balaban J connectivity index is 2.05. The number of likely N-dealkylation sites (tertiary alicyclic amines) is 2. The van der Waals surface area contributed by atoms with Crippen LogP contribution < -0.4 is 0 Å². The van der Waals surface area contributed by atoms with Crippen molar-refractivity contribution in [1.82, 2.24) is 14.7 Å². The smallest absolute Gasteiger partial charge is 0.236 e. The Morgan fingerprint density at radius 2 is 2.23 bits per heavy atom. The van der Waals surface area contributed by atoms with Gasteiger partial charge in [0.2, 0.25) is 11.8 Å². The van der Waals surface area contributed by atoms with Gasteiger partial charge in [-0.2, -0.15) is 0 Å². The van der Waals surface area contributed by atoms with Crippen LogP contribution in [0, 0.1) is 11.3 Å². The molecule has 2 aliphatic rings. The highest BCUT2D eigenvalue weighted by molar-refractivity contribution is 5.88. The molecule has 5 heteroatoms. The third-order valence-electron chi connectivity index (χ3n) is 5.42. The quantitative estimate of drug-likeness (QED) is 0.717. The molecule has 0 N–H and O–H groups in total. The molecule has 2 fully saturated rings. The standard InChI is InChI=1S/C17H29N3O2/c1-6-8-19-9-7-17(16(19)22)12-20(10-14(17)4)15(21)11-18(5)13(2)3/h6,13-14H,1,7-12H2,2-5H3/t14-,17-/m1/s1. The van der Waals surface area contributed by atoms with E-state index in [4.69, 9.17) is 0 Å². The minimum Gasteiger partial charge on any atom is -0.340 e. The lowest BCUT2D eigenvalue weighted by atomic mass is 9.78. The monoisotopic (exact) mass is 307 g/mol. The molecular formula is C17H29N3O2. The van der Waals surface area contributed by atoms with Gasteiger partial charge in [0, 0.05) is 32.2 Å². The van der Waals surface area contributed by atoms with Crippen LogP contribution in [0.2, 0.25) is 0 Å². The van der Waals surface area contributed by atoms with E-state index < -0.39 is 0 Å². The molecule has 124 valence electrons. The zero-order chi connectivity index (χ0) is 16.5. The molecule has 0 aliphatic carbocycles. The Bertz CT molecular complexity index is 463. The number of nitrogens with zero attached hydrogens (tertiary/aromatic N) is 3. The Morgan fingerprint density at radius 3 is 2.82 bits per heavy atom. The SMILES string of the molecule is C=CCN1CC[C@]2(CN(C(=O)CN(C)C(C)C)C[C@H]2C)C1=O. The maximum absolute atomic E-state index is 12.8. The molecule has 0 unspecified atom stereocenters. The van der Waals surface area contributed by atoms with Gasteiger partial charge in [-0.3, -0.25) is 14.5 Å². The Labute approximate surface area is 133 Å². The van der Waals surface area contributed by atoms with Gasteiger partial charge >= 0.3 is 0 Å². The first-order chi connectivity index (χ1) is 10.3. The molecule has 2 rings (SSSR count). The van der Waals surface area contributed by atoms with E-state index >= 15 is 0 Å². The number of carbonyl (C=O) groups excluding carboxylic acids is 2. The summed E-state index contributed by atoms with van der Waals surface area (Å²) in [6.07, 6.45) is 2.63. The second-order valence-electron chi connectivity index (χ2n) is 7.13. The van der Waals surface area contributed by atoms with E-state index in [9.17, 15) is 9.59 Å². The van der Waals surface area contributed by atoms with E-state index in [0.717, 1.165) is 13.0 Å². The summed E-state index contributed by atoms with van der Waals surface area (Å²) in [6, 6.07) is 0.342. The second-order valence-corrected chi connectivity index (χ2v) is 7.13. The first kappa shape index (κ1) is 17.0. The number of hydrogen-bond donors (Lipinski definition) is 0. The first-order valence-electron chi connectivity index (χ1n) is 8.20. The topological polar surface area (TPSA) is 43.9 Å². The summed E-state index contributed by atoms with van der Waals surface area (Å²) in [7, 11) is 1.96. The minimum atomic E-state index is -0.366. The van der Waals surface area contributed by atoms with Crippen molar-refractivity contribution in [3.63, 3.8) is 0 Å². The molecule has 5 nitrogen and oxygen atoms in total. The molecule has 0 saturated carbocycles.